The molecule has 0 N–H and O–H groups in total. The van der Waals surface area contributed by atoms with Crippen molar-refractivity contribution in [3.8, 4) is 0 Å². The Balaban J connectivity index is 2.18. The molecule has 0 unspecified atom stereocenters. The lowest BCUT2D eigenvalue weighted by molar-refractivity contribution is -0.150. The molecule has 15 heavy (non-hydrogen) atoms. The SMILES string of the molecule is [2H]C1([2H])C(=O)OCCN1Cc1ccccc1I. The van der Waals surface area contributed by atoms with Crippen LogP contribution in [-0.2, 0) is 16.1 Å². The molecule has 0 atom stereocenters. The van der Waals surface area contributed by atoms with Crippen LogP contribution in [0.2, 0.25) is 0 Å². The summed E-state index contributed by atoms with van der Waals surface area (Å²) in [4.78, 5) is 12.9. The van der Waals surface area contributed by atoms with E-state index >= 15 is 0 Å². The summed E-state index contributed by atoms with van der Waals surface area (Å²) in [7, 11) is 0. The van der Waals surface area contributed by atoms with Crippen molar-refractivity contribution in [1.29, 1.82) is 0 Å². The van der Waals surface area contributed by atoms with Crippen LogP contribution in [-0.4, -0.2) is 30.5 Å². The Hall–Kier alpha value is -0.620. The molecule has 0 bridgehead atoms. The van der Waals surface area contributed by atoms with Crippen molar-refractivity contribution in [1.82, 2.24) is 4.90 Å². The first kappa shape index (κ1) is 8.52. The summed E-state index contributed by atoms with van der Waals surface area (Å²) >= 11 is 2.21. The Kier molecular flexibility index (Phi) is 2.81. The zero-order valence-electron chi connectivity index (χ0n) is 10.1. The molecule has 0 amide bonds. The second-order valence-electron chi connectivity index (χ2n) is 3.26. The second kappa shape index (κ2) is 4.94. The van der Waals surface area contributed by atoms with Gasteiger partial charge in [-0.1, -0.05) is 18.2 Å². The molecule has 0 aromatic heterocycles. The molecule has 0 spiro atoms. The van der Waals surface area contributed by atoms with Crippen molar-refractivity contribution in [2.24, 2.45) is 0 Å². The highest BCUT2D eigenvalue weighted by atomic mass is 127. The van der Waals surface area contributed by atoms with Crippen molar-refractivity contribution in [3.63, 3.8) is 0 Å². The smallest absolute Gasteiger partial charge is 0.320 e. The molecule has 1 aliphatic rings. The minimum atomic E-state index is -2.03. The average Bonchev–Trinajstić information content (AvgIpc) is 2.28. The van der Waals surface area contributed by atoms with Gasteiger partial charge in [0.15, 0.2) is 0 Å². The van der Waals surface area contributed by atoms with Gasteiger partial charge in [-0.2, -0.15) is 0 Å². The number of carbonyl (C=O) groups excluding carboxylic acids is 1. The molecule has 0 radical (unpaired) electrons. The number of carbonyl (C=O) groups is 1. The summed E-state index contributed by atoms with van der Waals surface area (Å²) in [5.74, 6) is -0.797. The first-order valence-electron chi connectivity index (χ1n) is 5.67. The van der Waals surface area contributed by atoms with Crippen molar-refractivity contribution in [3.05, 3.63) is 33.4 Å². The summed E-state index contributed by atoms with van der Waals surface area (Å²) in [6.45, 7) is -0.941. The molecule has 80 valence electrons. The summed E-state index contributed by atoms with van der Waals surface area (Å²) in [6, 6.07) is 7.76. The van der Waals surface area contributed by atoms with E-state index in [2.05, 4.69) is 22.6 Å². The van der Waals surface area contributed by atoms with E-state index in [1.165, 1.54) is 4.90 Å². The van der Waals surface area contributed by atoms with Crippen molar-refractivity contribution in [2.75, 3.05) is 19.6 Å². The van der Waals surface area contributed by atoms with Crippen LogP contribution in [0.5, 0.6) is 0 Å². The Morgan fingerprint density at radius 1 is 1.53 bits per heavy atom. The number of nitrogens with zero attached hydrogens (tertiary/aromatic N) is 1. The van der Waals surface area contributed by atoms with Crippen LogP contribution in [0.15, 0.2) is 24.3 Å². The van der Waals surface area contributed by atoms with Gasteiger partial charge < -0.3 is 4.74 Å². The maximum Gasteiger partial charge on any atom is 0.320 e. The number of hydrogen-bond acceptors (Lipinski definition) is 3. The standard InChI is InChI=1S/C11H12INO2/c12-10-4-2-1-3-9(10)7-13-5-6-15-11(14)8-13/h1-4H,5-8H2/i8D2. The molecule has 1 aliphatic heterocycles. The fourth-order valence-corrected chi connectivity index (χ4v) is 1.97. The topological polar surface area (TPSA) is 29.5 Å². The maximum atomic E-state index is 11.4. The summed E-state index contributed by atoms with van der Waals surface area (Å²) in [5.41, 5.74) is 1.02. The van der Waals surface area contributed by atoms with Gasteiger partial charge in [0.25, 0.3) is 0 Å². The maximum absolute atomic E-state index is 11.4. The average molecular weight is 319 g/mol. The predicted octanol–water partition coefficient (Wildman–Crippen LogP) is 1.65. The van der Waals surface area contributed by atoms with E-state index in [0.29, 0.717) is 13.1 Å². The van der Waals surface area contributed by atoms with Gasteiger partial charge in [0.2, 0.25) is 0 Å². The lowest BCUT2D eigenvalue weighted by Gasteiger charge is -2.25. The highest BCUT2D eigenvalue weighted by molar-refractivity contribution is 14.1. The van der Waals surface area contributed by atoms with Crippen LogP contribution in [0.4, 0.5) is 0 Å². The number of hydrogen-bond donors (Lipinski definition) is 0. The third-order valence-corrected chi connectivity index (χ3v) is 3.22. The van der Waals surface area contributed by atoms with E-state index in [-0.39, 0.29) is 6.61 Å². The third-order valence-electron chi connectivity index (χ3n) is 2.16. The molecule has 0 saturated carbocycles. The zero-order chi connectivity index (χ0) is 12.5. The number of rotatable bonds is 2. The first-order chi connectivity index (χ1) is 8.01. The van der Waals surface area contributed by atoms with Crippen LogP contribution in [0.3, 0.4) is 0 Å². The van der Waals surface area contributed by atoms with Crippen molar-refractivity contribution >= 4 is 28.6 Å². The molecule has 3 nitrogen and oxygen atoms in total. The summed E-state index contributed by atoms with van der Waals surface area (Å²) in [6.07, 6.45) is 0. The Morgan fingerprint density at radius 3 is 3.13 bits per heavy atom. The van der Waals surface area contributed by atoms with Gasteiger partial charge in [0.1, 0.15) is 6.61 Å². The minimum Gasteiger partial charge on any atom is -0.463 e. The molecular formula is C11H12INO2. The van der Waals surface area contributed by atoms with E-state index in [1.54, 1.807) is 0 Å². The van der Waals surface area contributed by atoms with Gasteiger partial charge in [-0.25, -0.2) is 0 Å². The summed E-state index contributed by atoms with van der Waals surface area (Å²) < 4.78 is 21.3. The van der Waals surface area contributed by atoms with Gasteiger partial charge in [0, 0.05) is 16.7 Å². The highest BCUT2D eigenvalue weighted by Crippen LogP contribution is 2.14. The second-order valence-corrected chi connectivity index (χ2v) is 4.42. The Labute approximate surface area is 105 Å². The van der Waals surface area contributed by atoms with Gasteiger partial charge in [-0.05, 0) is 34.2 Å². The molecule has 0 aliphatic carbocycles. The van der Waals surface area contributed by atoms with Crippen molar-refractivity contribution < 1.29 is 12.3 Å². The fraction of sp³-hybridized carbons (Fsp3) is 0.364. The molecule has 2 rings (SSSR count). The van der Waals surface area contributed by atoms with E-state index in [9.17, 15) is 4.79 Å². The van der Waals surface area contributed by atoms with Crippen LogP contribution >= 0.6 is 22.6 Å². The normalized spacial score (nSPS) is 22.9. The van der Waals surface area contributed by atoms with Crippen LogP contribution in [0.1, 0.15) is 8.30 Å². The van der Waals surface area contributed by atoms with Gasteiger partial charge in [0.05, 0.1) is 9.24 Å². The molecule has 1 fully saturated rings. The number of ether oxygens (including phenoxy) is 1. The molecule has 4 heteroatoms. The highest BCUT2D eigenvalue weighted by Gasteiger charge is 2.18. The van der Waals surface area contributed by atoms with Crippen molar-refractivity contribution in [2.45, 2.75) is 6.54 Å². The molecular weight excluding hydrogens is 305 g/mol. The van der Waals surface area contributed by atoms with E-state index in [0.717, 1.165) is 9.13 Å². The summed E-state index contributed by atoms with van der Waals surface area (Å²) in [5, 5.41) is 0. The lowest BCUT2D eigenvalue weighted by atomic mass is 10.2. The quantitative estimate of drug-likeness (QED) is 0.613. The number of benzene rings is 1. The monoisotopic (exact) mass is 319 g/mol. The lowest BCUT2D eigenvalue weighted by Crippen LogP contribution is -2.39. The van der Waals surface area contributed by atoms with E-state index in [4.69, 9.17) is 7.48 Å². The molecule has 1 aromatic rings. The van der Waals surface area contributed by atoms with E-state index in [1.807, 2.05) is 24.3 Å². The van der Waals surface area contributed by atoms with Crippen LogP contribution < -0.4 is 0 Å². The van der Waals surface area contributed by atoms with Gasteiger partial charge in [-0.3, -0.25) is 9.69 Å². The molecule has 1 heterocycles. The first-order valence-corrected chi connectivity index (χ1v) is 5.75. The third kappa shape index (κ3) is 2.92. The Morgan fingerprint density at radius 2 is 2.33 bits per heavy atom. The zero-order valence-corrected chi connectivity index (χ0v) is 10.2. The fourth-order valence-electron chi connectivity index (χ4n) is 1.42. The Bertz CT molecular complexity index is 439. The molecule has 1 aromatic carbocycles. The largest absolute Gasteiger partial charge is 0.463 e. The van der Waals surface area contributed by atoms with Gasteiger partial charge in [-0.15, -0.1) is 0 Å². The van der Waals surface area contributed by atoms with Crippen LogP contribution in [0, 0.1) is 3.57 Å². The van der Waals surface area contributed by atoms with E-state index < -0.39 is 12.5 Å². The minimum absolute atomic E-state index is 0.252. The number of morpholine rings is 1. The van der Waals surface area contributed by atoms with Gasteiger partial charge >= 0.3 is 5.97 Å². The number of halogens is 1. The van der Waals surface area contributed by atoms with Crippen LogP contribution in [0.25, 0.3) is 0 Å². The predicted molar refractivity (Wildman–Crippen MR) is 65.4 cm³/mol. The molecule has 1 saturated heterocycles. The number of esters is 1. The number of cyclic esters (lactones) is 1.